The average molecular weight is 223 g/mol. The molecule has 3 heteroatoms. The van der Waals surface area contributed by atoms with Gasteiger partial charge in [-0.25, -0.2) is 0 Å². The van der Waals surface area contributed by atoms with Gasteiger partial charge in [-0.15, -0.1) is 0 Å². The lowest BCUT2D eigenvalue weighted by Crippen LogP contribution is -2.37. The van der Waals surface area contributed by atoms with Gasteiger partial charge in [-0.1, -0.05) is 31.9 Å². The quantitative estimate of drug-likeness (QED) is 0.442. The lowest BCUT2D eigenvalue weighted by Gasteiger charge is -2.23. The van der Waals surface area contributed by atoms with Gasteiger partial charge in [-0.2, -0.15) is 0 Å². The monoisotopic (exact) mass is 223 g/mol. The van der Waals surface area contributed by atoms with Crippen molar-refractivity contribution in [2.24, 2.45) is 0 Å². The summed E-state index contributed by atoms with van der Waals surface area (Å²) in [4.78, 5) is 11.8. The van der Waals surface area contributed by atoms with Gasteiger partial charge in [-0.3, -0.25) is 4.79 Å². The summed E-state index contributed by atoms with van der Waals surface area (Å²) >= 11 is 0. The van der Waals surface area contributed by atoms with E-state index in [9.17, 15) is 4.79 Å². The second kappa shape index (κ2) is 7.09. The number of carbonyl (C=O) groups is 1. The van der Waals surface area contributed by atoms with E-state index in [1.54, 1.807) is 12.2 Å². The molecule has 0 heterocycles. The summed E-state index contributed by atoms with van der Waals surface area (Å²) in [5.74, 6) is 0.247. The van der Waals surface area contributed by atoms with Crippen molar-refractivity contribution < 1.29 is 9.53 Å². The third-order valence-corrected chi connectivity index (χ3v) is 2.73. The number of rotatable bonds is 5. The molecule has 0 saturated heterocycles. The molecule has 0 radical (unpaired) electrons. The maximum absolute atomic E-state index is 11.8. The van der Waals surface area contributed by atoms with E-state index in [1.165, 1.54) is 19.3 Å². The van der Waals surface area contributed by atoms with Crippen molar-refractivity contribution in [2.45, 2.75) is 45.1 Å². The number of carbonyl (C=O) groups excluding carboxylic acids is 1. The molecule has 0 aromatic carbocycles. The average Bonchev–Trinajstić information content (AvgIpc) is 2.30. The van der Waals surface area contributed by atoms with Gasteiger partial charge < -0.3 is 10.1 Å². The molecule has 3 nitrogen and oxygen atoms in total. The Bertz CT molecular complexity index is 265. The van der Waals surface area contributed by atoms with Crippen molar-refractivity contribution in [3.8, 4) is 0 Å². The maximum atomic E-state index is 11.8. The van der Waals surface area contributed by atoms with Crippen molar-refractivity contribution in [1.29, 1.82) is 0 Å². The third-order valence-electron chi connectivity index (χ3n) is 2.73. The van der Waals surface area contributed by atoms with Crippen LogP contribution < -0.4 is 5.32 Å². The van der Waals surface area contributed by atoms with Crippen LogP contribution in [0.25, 0.3) is 0 Å². The second-order valence-electron chi connectivity index (χ2n) is 4.01. The van der Waals surface area contributed by atoms with E-state index in [-0.39, 0.29) is 5.91 Å². The Morgan fingerprint density at radius 2 is 2.12 bits per heavy atom. The Morgan fingerprint density at radius 1 is 1.44 bits per heavy atom. The molecule has 1 aliphatic rings. The molecule has 0 spiro atoms. The summed E-state index contributed by atoms with van der Waals surface area (Å²) in [6.45, 7) is 5.94. The van der Waals surface area contributed by atoms with Gasteiger partial charge >= 0.3 is 0 Å². The van der Waals surface area contributed by atoms with E-state index in [0.717, 1.165) is 12.8 Å². The standard InChI is InChI=1S/C13H21NO2/c1-3-8-12(16-4-2)13(15)14-11-9-6-5-7-10-11/h3,8,11H,1,4-7,9-10H2,2H3,(H,14,15)/b12-8+. The number of allylic oxidation sites excluding steroid dienone is 2. The lowest BCUT2D eigenvalue weighted by atomic mass is 9.95. The van der Waals surface area contributed by atoms with E-state index in [0.29, 0.717) is 18.4 Å². The SMILES string of the molecule is C=C/C=C(/OCC)C(=O)NC1CCCCC1. The summed E-state index contributed by atoms with van der Waals surface area (Å²) in [5, 5.41) is 3.01. The molecule has 0 unspecified atom stereocenters. The second-order valence-corrected chi connectivity index (χ2v) is 4.01. The van der Waals surface area contributed by atoms with Crippen LogP contribution in [0.5, 0.6) is 0 Å². The highest BCUT2D eigenvalue weighted by Gasteiger charge is 2.18. The smallest absolute Gasteiger partial charge is 0.286 e. The van der Waals surface area contributed by atoms with Gasteiger partial charge in [-0.05, 0) is 25.8 Å². The van der Waals surface area contributed by atoms with Gasteiger partial charge in [0.15, 0.2) is 5.76 Å². The van der Waals surface area contributed by atoms with Gasteiger partial charge in [0, 0.05) is 6.04 Å². The molecule has 1 amide bonds. The first-order chi connectivity index (χ1) is 7.77. The zero-order valence-corrected chi connectivity index (χ0v) is 10.00. The molecule has 1 fully saturated rings. The van der Waals surface area contributed by atoms with Crippen LogP contribution in [0.2, 0.25) is 0 Å². The molecule has 0 aromatic rings. The van der Waals surface area contributed by atoms with Gasteiger partial charge in [0.2, 0.25) is 0 Å². The highest BCUT2D eigenvalue weighted by Crippen LogP contribution is 2.17. The predicted octanol–water partition coefficient (Wildman–Crippen LogP) is 2.54. The number of hydrogen-bond acceptors (Lipinski definition) is 2. The molecule has 1 rings (SSSR count). The first-order valence-electron chi connectivity index (χ1n) is 6.04. The van der Waals surface area contributed by atoms with Crippen LogP contribution in [-0.2, 0) is 9.53 Å². The summed E-state index contributed by atoms with van der Waals surface area (Å²) in [5.41, 5.74) is 0. The van der Waals surface area contributed by atoms with Crippen molar-refractivity contribution in [2.75, 3.05) is 6.61 Å². The van der Waals surface area contributed by atoms with E-state index in [1.807, 2.05) is 6.92 Å². The molecule has 90 valence electrons. The maximum Gasteiger partial charge on any atom is 0.286 e. The Labute approximate surface area is 97.6 Å². The molecule has 0 bridgehead atoms. The predicted molar refractivity (Wildman–Crippen MR) is 64.9 cm³/mol. The van der Waals surface area contributed by atoms with Crippen LogP contribution in [0.1, 0.15) is 39.0 Å². The Kier molecular flexibility index (Phi) is 5.68. The molecule has 0 aliphatic heterocycles. The fourth-order valence-electron chi connectivity index (χ4n) is 1.96. The highest BCUT2D eigenvalue weighted by molar-refractivity contribution is 5.91. The molecule has 0 atom stereocenters. The van der Waals surface area contributed by atoms with Crippen molar-refractivity contribution in [3.05, 3.63) is 24.5 Å². The number of ether oxygens (including phenoxy) is 1. The molecular weight excluding hydrogens is 202 g/mol. The van der Waals surface area contributed by atoms with E-state index < -0.39 is 0 Å². The summed E-state index contributed by atoms with van der Waals surface area (Å²) in [7, 11) is 0. The van der Waals surface area contributed by atoms with Crippen molar-refractivity contribution >= 4 is 5.91 Å². The topological polar surface area (TPSA) is 38.3 Å². The molecule has 1 aliphatic carbocycles. The minimum Gasteiger partial charge on any atom is -0.488 e. The summed E-state index contributed by atoms with van der Waals surface area (Å²) in [6, 6.07) is 0.315. The highest BCUT2D eigenvalue weighted by atomic mass is 16.5. The fourth-order valence-corrected chi connectivity index (χ4v) is 1.96. The number of nitrogens with one attached hydrogen (secondary N) is 1. The molecule has 0 aromatic heterocycles. The Hall–Kier alpha value is -1.25. The first kappa shape index (κ1) is 12.8. The Balaban J connectivity index is 2.47. The molecule has 1 saturated carbocycles. The molecule has 1 N–H and O–H groups in total. The van der Waals surface area contributed by atoms with Crippen LogP contribution in [0.3, 0.4) is 0 Å². The van der Waals surface area contributed by atoms with Crippen LogP contribution in [-0.4, -0.2) is 18.6 Å². The minimum absolute atomic E-state index is 0.117. The van der Waals surface area contributed by atoms with Crippen LogP contribution in [0, 0.1) is 0 Å². The zero-order valence-electron chi connectivity index (χ0n) is 10.00. The number of amides is 1. The first-order valence-corrected chi connectivity index (χ1v) is 6.04. The molecule has 16 heavy (non-hydrogen) atoms. The van der Waals surface area contributed by atoms with Gasteiger partial charge in [0.25, 0.3) is 5.91 Å². The third kappa shape index (κ3) is 4.09. The summed E-state index contributed by atoms with van der Waals surface area (Å²) in [6.07, 6.45) is 9.05. The van der Waals surface area contributed by atoms with Crippen LogP contribution >= 0.6 is 0 Å². The fraction of sp³-hybridized carbons (Fsp3) is 0.615. The minimum atomic E-state index is -0.117. The van der Waals surface area contributed by atoms with Gasteiger partial charge in [0.05, 0.1) is 6.61 Å². The Morgan fingerprint density at radius 3 is 2.69 bits per heavy atom. The van der Waals surface area contributed by atoms with Crippen LogP contribution in [0.4, 0.5) is 0 Å². The van der Waals surface area contributed by atoms with Gasteiger partial charge in [0.1, 0.15) is 0 Å². The van der Waals surface area contributed by atoms with Crippen LogP contribution in [0.15, 0.2) is 24.5 Å². The van der Waals surface area contributed by atoms with E-state index in [2.05, 4.69) is 11.9 Å². The van der Waals surface area contributed by atoms with Crippen molar-refractivity contribution in [3.63, 3.8) is 0 Å². The molecular formula is C13H21NO2. The lowest BCUT2D eigenvalue weighted by molar-refractivity contribution is -0.121. The largest absolute Gasteiger partial charge is 0.488 e. The normalized spacial score (nSPS) is 17.9. The van der Waals surface area contributed by atoms with E-state index >= 15 is 0 Å². The van der Waals surface area contributed by atoms with Crippen molar-refractivity contribution in [1.82, 2.24) is 5.32 Å². The zero-order chi connectivity index (χ0) is 11.8. The number of hydrogen-bond donors (Lipinski definition) is 1. The summed E-state index contributed by atoms with van der Waals surface area (Å²) < 4.78 is 5.26. The van der Waals surface area contributed by atoms with E-state index in [4.69, 9.17) is 4.74 Å².